The van der Waals surface area contributed by atoms with Crippen molar-refractivity contribution >= 4 is 46.0 Å². The molecular weight excluding hydrogens is 434 g/mol. The Morgan fingerprint density at radius 2 is 1.87 bits per heavy atom. The van der Waals surface area contributed by atoms with E-state index in [-0.39, 0.29) is 29.0 Å². The van der Waals surface area contributed by atoms with Crippen molar-refractivity contribution in [1.82, 2.24) is 14.9 Å². The summed E-state index contributed by atoms with van der Waals surface area (Å²) >= 11 is 7.22. The number of Topliss-reactive ketones (excluding diaryl/α,β-unsaturated/α-hetero) is 1. The molecule has 1 atom stereocenters. The number of ketones is 1. The van der Waals surface area contributed by atoms with Gasteiger partial charge in [0.1, 0.15) is 0 Å². The van der Waals surface area contributed by atoms with Crippen molar-refractivity contribution in [3.63, 3.8) is 0 Å². The van der Waals surface area contributed by atoms with Crippen LogP contribution < -0.4 is 10.9 Å². The maximum atomic E-state index is 12.9. The Balaban J connectivity index is 1.77. The fraction of sp³-hybridized carbons (Fsp3) is 0.304. The van der Waals surface area contributed by atoms with Crippen LogP contribution in [0.3, 0.4) is 0 Å². The lowest BCUT2D eigenvalue weighted by molar-refractivity contribution is -0.125. The lowest BCUT2D eigenvalue weighted by Crippen LogP contribution is -2.42. The van der Waals surface area contributed by atoms with Gasteiger partial charge < -0.3 is 5.32 Å². The number of benzene rings is 2. The first kappa shape index (κ1) is 23.0. The van der Waals surface area contributed by atoms with Crippen LogP contribution in [0.1, 0.15) is 32.4 Å². The van der Waals surface area contributed by atoms with Crippen LogP contribution in [0.4, 0.5) is 0 Å². The Kier molecular flexibility index (Phi) is 7.51. The number of carbonyl (C=O) groups excluding carboxylic acids is 2. The molecule has 0 spiro atoms. The maximum absolute atomic E-state index is 12.9. The highest BCUT2D eigenvalue weighted by atomic mass is 35.5. The van der Waals surface area contributed by atoms with E-state index in [1.807, 2.05) is 44.2 Å². The molecule has 6 nitrogen and oxygen atoms in total. The van der Waals surface area contributed by atoms with Crippen molar-refractivity contribution in [2.45, 2.75) is 44.4 Å². The van der Waals surface area contributed by atoms with E-state index in [0.29, 0.717) is 27.5 Å². The molecule has 0 radical (unpaired) electrons. The predicted octanol–water partition coefficient (Wildman–Crippen LogP) is 4.04. The number of nitrogens with one attached hydrogen (secondary N) is 1. The number of rotatable bonds is 8. The van der Waals surface area contributed by atoms with Gasteiger partial charge in [0, 0.05) is 11.1 Å². The summed E-state index contributed by atoms with van der Waals surface area (Å²) in [5.74, 6) is -0.374. The molecule has 0 fully saturated rings. The van der Waals surface area contributed by atoms with Crippen LogP contribution in [0, 0.1) is 0 Å². The molecule has 8 heteroatoms. The molecule has 3 rings (SSSR count). The monoisotopic (exact) mass is 457 g/mol. The van der Waals surface area contributed by atoms with Gasteiger partial charge in [-0.2, -0.15) is 0 Å². The summed E-state index contributed by atoms with van der Waals surface area (Å²) in [6.07, 6.45) is 0.427. The summed E-state index contributed by atoms with van der Waals surface area (Å²) in [5.41, 5.74) is 1.28. The molecule has 162 valence electrons. The van der Waals surface area contributed by atoms with E-state index in [0.717, 1.165) is 17.3 Å². The smallest absolute Gasteiger partial charge is 0.262 e. The average molecular weight is 458 g/mol. The van der Waals surface area contributed by atoms with E-state index in [4.69, 9.17) is 11.6 Å². The molecule has 1 N–H and O–H groups in total. The third-order valence-electron chi connectivity index (χ3n) is 4.79. The first-order chi connectivity index (χ1) is 14.8. The van der Waals surface area contributed by atoms with Crippen LogP contribution >= 0.6 is 23.4 Å². The molecule has 1 aromatic heterocycles. The standard InChI is InChI=1S/C23H24ClN3O3S/c1-14(2)27-22(30)18-10-9-17(24)12-20(18)26-23(27)31-13-21(29)25-19(15(3)28)11-16-7-5-4-6-8-16/h4-10,12,14,19H,11,13H2,1-3H3,(H,25,29)/t19-/m0/s1. The van der Waals surface area contributed by atoms with E-state index in [1.54, 1.807) is 22.8 Å². The summed E-state index contributed by atoms with van der Waals surface area (Å²) in [6, 6.07) is 13.8. The first-order valence-electron chi connectivity index (χ1n) is 9.94. The Morgan fingerprint density at radius 3 is 2.52 bits per heavy atom. The molecule has 0 bridgehead atoms. The molecule has 1 amide bonds. The summed E-state index contributed by atoms with van der Waals surface area (Å²) in [5, 5.41) is 4.20. The summed E-state index contributed by atoms with van der Waals surface area (Å²) < 4.78 is 1.57. The van der Waals surface area contributed by atoms with Gasteiger partial charge in [-0.1, -0.05) is 53.7 Å². The highest BCUT2D eigenvalue weighted by molar-refractivity contribution is 7.99. The van der Waals surface area contributed by atoms with Crippen LogP contribution in [0.25, 0.3) is 10.9 Å². The molecule has 0 aliphatic heterocycles. The van der Waals surface area contributed by atoms with Crippen LogP contribution in [-0.2, 0) is 16.0 Å². The fourth-order valence-electron chi connectivity index (χ4n) is 3.22. The van der Waals surface area contributed by atoms with Crippen LogP contribution in [0.2, 0.25) is 5.02 Å². The molecule has 2 aromatic carbocycles. The summed E-state index contributed by atoms with van der Waals surface area (Å²) in [7, 11) is 0. The second-order valence-corrected chi connectivity index (χ2v) is 8.91. The summed E-state index contributed by atoms with van der Waals surface area (Å²) in [6.45, 7) is 5.24. The lowest BCUT2D eigenvalue weighted by Gasteiger charge is -2.18. The van der Waals surface area contributed by atoms with Crippen molar-refractivity contribution in [2.24, 2.45) is 0 Å². The molecule has 0 aliphatic rings. The van der Waals surface area contributed by atoms with Gasteiger partial charge in [0.15, 0.2) is 10.9 Å². The number of hydrogen-bond acceptors (Lipinski definition) is 5. The number of carbonyl (C=O) groups is 2. The molecule has 3 aromatic rings. The van der Waals surface area contributed by atoms with E-state index < -0.39 is 6.04 Å². The molecule has 0 saturated heterocycles. The number of amides is 1. The Labute approximate surface area is 190 Å². The van der Waals surface area contributed by atoms with Crippen LogP contribution in [0.15, 0.2) is 58.5 Å². The second kappa shape index (κ2) is 10.1. The number of thioether (sulfide) groups is 1. The van der Waals surface area contributed by atoms with Gasteiger partial charge >= 0.3 is 0 Å². The van der Waals surface area contributed by atoms with Crippen molar-refractivity contribution in [3.05, 3.63) is 69.5 Å². The second-order valence-electron chi connectivity index (χ2n) is 7.53. The zero-order valence-electron chi connectivity index (χ0n) is 17.6. The third-order valence-corrected chi connectivity index (χ3v) is 5.98. The zero-order chi connectivity index (χ0) is 22.5. The van der Waals surface area contributed by atoms with Crippen molar-refractivity contribution in [2.75, 3.05) is 5.75 Å². The van der Waals surface area contributed by atoms with Crippen LogP contribution in [0.5, 0.6) is 0 Å². The van der Waals surface area contributed by atoms with Gasteiger partial charge in [0.25, 0.3) is 5.56 Å². The Hall–Kier alpha value is -2.64. The number of hydrogen-bond donors (Lipinski definition) is 1. The molecule has 0 unspecified atom stereocenters. The number of fused-ring (bicyclic) bond motifs is 1. The quantitative estimate of drug-likeness (QED) is 0.408. The number of halogens is 1. The predicted molar refractivity (Wildman–Crippen MR) is 125 cm³/mol. The van der Waals surface area contributed by atoms with Gasteiger partial charge in [0.05, 0.1) is 22.7 Å². The lowest BCUT2D eigenvalue weighted by atomic mass is 10.0. The Morgan fingerprint density at radius 1 is 1.16 bits per heavy atom. The van der Waals surface area contributed by atoms with Crippen molar-refractivity contribution < 1.29 is 9.59 Å². The van der Waals surface area contributed by atoms with Crippen LogP contribution in [-0.4, -0.2) is 33.0 Å². The first-order valence-corrected chi connectivity index (χ1v) is 11.3. The highest BCUT2D eigenvalue weighted by Crippen LogP contribution is 2.22. The minimum Gasteiger partial charge on any atom is -0.345 e. The van der Waals surface area contributed by atoms with Gasteiger partial charge in [-0.15, -0.1) is 0 Å². The van der Waals surface area contributed by atoms with E-state index in [9.17, 15) is 14.4 Å². The topological polar surface area (TPSA) is 81.1 Å². The molecular formula is C23H24ClN3O3S. The van der Waals surface area contributed by atoms with Crippen molar-refractivity contribution in [3.8, 4) is 0 Å². The van der Waals surface area contributed by atoms with Gasteiger partial charge in [0.2, 0.25) is 5.91 Å². The normalized spacial score (nSPS) is 12.2. The zero-order valence-corrected chi connectivity index (χ0v) is 19.2. The molecule has 31 heavy (non-hydrogen) atoms. The van der Waals surface area contributed by atoms with Gasteiger partial charge in [-0.3, -0.25) is 19.0 Å². The molecule has 0 saturated carbocycles. The Bertz CT molecular complexity index is 1160. The van der Waals surface area contributed by atoms with Crippen molar-refractivity contribution in [1.29, 1.82) is 0 Å². The SMILES string of the molecule is CC(=O)[C@H](Cc1ccccc1)NC(=O)CSc1nc2cc(Cl)ccc2c(=O)n1C(C)C. The molecule has 0 aliphatic carbocycles. The highest BCUT2D eigenvalue weighted by Gasteiger charge is 2.20. The fourth-order valence-corrected chi connectivity index (χ4v) is 4.33. The maximum Gasteiger partial charge on any atom is 0.262 e. The number of aromatic nitrogens is 2. The van der Waals surface area contributed by atoms with Gasteiger partial charge in [-0.25, -0.2) is 4.98 Å². The minimum absolute atomic E-state index is 0.0315. The number of nitrogens with zero attached hydrogens (tertiary/aromatic N) is 2. The summed E-state index contributed by atoms with van der Waals surface area (Å²) in [4.78, 5) is 42.1. The van der Waals surface area contributed by atoms with E-state index in [1.165, 1.54) is 6.92 Å². The van der Waals surface area contributed by atoms with E-state index in [2.05, 4.69) is 10.3 Å². The largest absolute Gasteiger partial charge is 0.345 e. The third kappa shape index (κ3) is 5.74. The van der Waals surface area contributed by atoms with Gasteiger partial charge in [-0.05, 0) is 51.0 Å². The average Bonchev–Trinajstić information content (AvgIpc) is 2.72. The van der Waals surface area contributed by atoms with E-state index >= 15 is 0 Å². The molecule has 1 heterocycles. The minimum atomic E-state index is -0.605.